The van der Waals surface area contributed by atoms with Gasteiger partial charge < -0.3 is 10.4 Å². The number of benzene rings is 1. The summed E-state index contributed by atoms with van der Waals surface area (Å²) >= 11 is 1.39. The first-order valence-corrected chi connectivity index (χ1v) is 7.13. The highest BCUT2D eigenvalue weighted by Gasteiger charge is 2.12. The summed E-state index contributed by atoms with van der Waals surface area (Å²) < 4.78 is 0. The maximum Gasteiger partial charge on any atom is 0.257 e. The van der Waals surface area contributed by atoms with Crippen LogP contribution in [0.2, 0.25) is 0 Å². The Balaban J connectivity index is 2.11. The van der Waals surface area contributed by atoms with E-state index in [-0.39, 0.29) is 17.7 Å². The Labute approximate surface area is 121 Å². The number of hydrogen-bond donors (Lipinski definition) is 3. The average Bonchev–Trinajstić information content (AvgIpc) is 2.89. The first kappa shape index (κ1) is 14.5. The molecule has 3 N–H and O–H groups in total. The highest BCUT2D eigenvalue weighted by atomic mass is 32.1. The van der Waals surface area contributed by atoms with Crippen LogP contribution in [0, 0.1) is 6.92 Å². The Morgan fingerprint density at radius 1 is 1.45 bits per heavy atom. The number of phenols is 1. The number of rotatable bonds is 4. The molecule has 5 nitrogen and oxygen atoms in total. The molecule has 0 aliphatic rings. The lowest BCUT2D eigenvalue weighted by atomic mass is 10.1. The molecule has 1 aromatic carbocycles. The second-order valence-corrected chi connectivity index (χ2v) is 5.40. The van der Waals surface area contributed by atoms with Gasteiger partial charge in [0.1, 0.15) is 5.75 Å². The van der Waals surface area contributed by atoms with Gasteiger partial charge in [-0.05, 0) is 44.7 Å². The molecular weight excluding hydrogens is 274 g/mol. The third kappa shape index (κ3) is 3.15. The Hall–Kier alpha value is -1.92. The second-order valence-electron chi connectivity index (χ2n) is 4.54. The smallest absolute Gasteiger partial charge is 0.257 e. The van der Waals surface area contributed by atoms with E-state index in [4.69, 9.17) is 0 Å². The van der Waals surface area contributed by atoms with E-state index in [2.05, 4.69) is 15.6 Å². The first-order chi connectivity index (χ1) is 9.51. The van der Waals surface area contributed by atoms with Gasteiger partial charge in [0.15, 0.2) is 5.13 Å². The van der Waals surface area contributed by atoms with Gasteiger partial charge in [-0.15, -0.1) is 11.3 Å². The Bertz CT molecular complexity index is 625. The number of amides is 1. The molecule has 1 atom stereocenters. The minimum Gasteiger partial charge on any atom is -0.508 e. The van der Waals surface area contributed by atoms with E-state index in [9.17, 15) is 9.90 Å². The van der Waals surface area contributed by atoms with Crippen molar-refractivity contribution in [3.63, 3.8) is 0 Å². The van der Waals surface area contributed by atoms with Gasteiger partial charge in [-0.3, -0.25) is 10.1 Å². The molecule has 0 radical (unpaired) electrons. The minimum absolute atomic E-state index is 0.146. The monoisotopic (exact) mass is 291 g/mol. The lowest BCUT2D eigenvalue weighted by molar-refractivity contribution is 0.102. The summed E-state index contributed by atoms with van der Waals surface area (Å²) in [6, 6.07) is 4.89. The molecule has 6 heteroatoms. The molecular formula is C14H17N3O2S. The molecule has 0 aliphatic heterocycles. The number of aromatic hydroxyl groups is 1. The van der Waals surface area contributed by atoms with Crippen LogP contribution >= 0.6 is 11.3 Å². The van der Waals surface area contributed by atoms with Gasteiger partial charge in [0, 0.05) is 17.0 Å². The molecule has 0 fully saturated rings. The summed E-state index contributed by atoms with van der Waals surface area (Å²) in [5, 5.41) is 17.8. The van der Waals surface area contributed by atoms with Crippen molar-refractivity contribution in [2.75, 3.05) is 12.4 Å². The van der Waals surface area contributed by atoms with Gasteiger partial charge in [-0.1, -0.05) is 0 Å². The standard InChI is InChI=1S/C14H17N3O2S/c1-8-6-10(4-5-12(8)18)13(19)17-14-16-11(7-20-14)9(2)15-3/h4-7,9,15,18H,1-3H3,(H,16,17,19). The van der Waals surface area contributed by atoms with Crippen LogP contribution in [0.5, 0.6) is 5.75 Å². The molecule has 0 aliphatic carbocycles. The summed E-state index contributed by atoms with van der Waals surface area (Å²) in [4.78, 5) is 16.4. The summed E-state index contributed by atoms with van der Waals surface area (Å²) in [6.45, 7) is 3.76. The van der Waals surface area contributed by atoms with E-state index >= 15 is 0 Å². The highest BCUT2D eigenvalue weighted by molar-refractivity contribution is 7.14. The maximum absolute atomic E-state index is 12.1. The average molecular weight is 291 g/mol. The van der Waals surface area contributed by atoms with Gasteiger partial charge in [0.05, 0.1) is 5.69 Å². The van der Waals surface area contributed by atoms with Crippen molar-refractivity contribution >= 4 is 22.4 Å². The Kier molecular flexibility index (Phi) is 4.36. The highest BCUT2D eigenvalue weighted by Crippen LogP contribution is 2.22. The number of aromatic nitrogens is 1. The Morgan fingerprint density at radius 2 is 2.20 bits per heavy atom. The number of anilines is 1. The van der Waals surface area contributed by atoms with Crippen LogP contribution in [0.25, 0.3) is 0 Å². The van der Waals surface area contributed by atoms with Crippen molar-refractivity contribution in [2.45, 2.75) is 19.9 Å². The van der Waals surface area contributed by atoms with E-state index in [0.717, 1.165) is 5.69 Å². The molecule has 1 aromatic heterocycles. The maximum atomic E-state index is 12.1. The zero-order chi connectivity index (χ0) is 14.7. The number of aryl methyl sites for hydroxylation is 1. The predicted molar refractivity (Wildman–Crippen MR) is 80.4 cm³/mol. The van der Waals surface area contributed by atoms with E-state index < -0.39 is 0 Å². The van der Waals surface area contributed by atoms with Crippen molar-refractivity contribution in [1.29, 1.82) is 0 Å². The zero-order valence-corrected chi connectivity index (χ0v) is 12.4. The molecule has 1 heterocycles. The van der Waals surface area contributed by atoms with Crippen LogP contribution < -0.4 is 10.6 Å². The van der Waals surface area contributed by atoms with Crippen molar-refractivity contribution < 1.29 is 9.90 Å². The fraction of sp³-hybridized carbons (Fsp3) is 0.286. The van der Waals surface area contributed by atoms with Crippen LogP contribution in [0.15, 0.2) is 23.6 Å². The number of nitrogens with one attached hydrogen (secondary N) is 2. The van der Waals surface area contributed by atoms with E-state index in [1.54, 1.807) is 19.1 Å². The van der Waals surface area contributed by atoms with Gasteiger partial charge in [-0.25, -0.2) is 4.98 Å². The van der Waals surface area contributed by atoms with E-state index in [1.165, 1.54) is 17.4 Å². The molecule has 2 rings (SSSR count). The molecule has 1 unspecified atom stereocenters. The van der Waals surface area contributed by atoms with Crippen molar-refractivity contribution in [2.24, 2.45) is 0 Å². The van der Waals surface area contributed by atoms with Crippen LogP contribution in [-0.2, 0) is 0 Å². The number of carbonyl (C=O) groups excluding carboxylic acids is 1. The topological polar surface area (TPSA) is 74.2 Å². The van der Waals surface area contributed by atoms with Gasteiger partial charge >= 0.3 is 0 Å². The normalized spacial score (nSPS) is 12.2. The van der Waals surface area contributed by atoms with Crippen LogP contribution in [-0.4, -0.2) is 23.0 Å². The fourth-order valence-electron chi connectivity index (χ4n) is 1.66. The SMILES string of the molecule is CNC(C)c1csc(NC(=O)c2ccc(O)c(C)c2)n1. The molecule has 20 heavy (non-hydrogen) atoms. The van der Waals surface area contributed by atoms with Crippen molar-refractivity contribution in [3.8, 4) is 5.75 Å². The first-order valence-electron chi connectivity index (χ1n) is 6.25. The van der Waals surface area contributed by atoms with Gasteiger partial charge in [-0.2, -0.15) is 0 Å². The number of thiazole rings is 1. The molecule has 0 saturated heterocycles. The van der Waals surface area contributed by atoms with Crippen molar-refractivity contribution in [1.82, 2.24) is 10.3 Å². The molecule has 0 spiro atoms. The zero-order valence-electron chi connectivity index (χ0n) is 11.6. The van der Waals surface area contributed by atoms with Crippen LogP contribution in [0.1, 0.15) is 34.6 Å². The minimum atomic E-state index is -0.230. The Morgan fingerprint density at radius 3 is 2.85 bits per heavy atom. The lowest BCUT2D eigenvalue weighted by Gasteiger charge is -2.06. The number of carbonyl (C=O) groups is 1. The molecule has 0 bridgehead atoms. The second kappa shape index (κ2) is 6.02. The third-order valence-electron chi connectivity index (χ3n) is 3.08. The number of phenolic OH excluding ortho intramolecular Hbond substituents is 1. The summed E-state index contributed by atoms with van der Waals surface area (Å²) in [5.41, 5.74) is 2.06. The summed E-state index contributed by atoms with van der Waals surface area (Å²) in [7, 11) is 1.86. The molecule has 106 valence electrons. The van der Waals surface area contributed by atoms with E-state index in [1.807, 2.05) is 19.4 Å². The van der Waals surface area contributed by atoms with Gasteiger partial charge in [0.2, 0.25) is 0 Å². The van der Waals surface area contributed by atoms with Crippen LogP contribution in [0.3, 0.4) is 0 Å². The quantitative estimate of drug-likeness (QED) is 0.809. The molecule has 1 amide bonds. The van der Waals surface area contributed by atoms with Crippen molar-refractivity contribution in [3.05, 3.63) is 40.4 Å². The summed E-state index contributed by atoms with van der Waals surface area (Å²) in [6.07, 6.45) is 0. The summed E-state index contributed by atoms with van der Waals surface area (Å²) in [5.74, 6) is -0.0490. The largest absolute Gasteiger partial charge is 0.508 e. The fourth-order valence-corrected chi connectivity index (χ4v) is 2.46. The molecule has 0 saturated carbocycles. The third-order valence-corrected chi connectivity index (χ3v) is 3.85. The van der Waals surface area contributed by atoms with E-state index in [0.29, 0.717) is 16.3 Å². The molecule has 2 aromatic rings. The number of nitrogens with zero attached hydrogens (tertiary/aromatic N) is 1. The van der Waals surface area contributed by atoms with Gasteiger partial charge in [0.25, 0.3) is 5.91 Å². The van der Waals surface area contributed by atoms with Crippen LogP contribution in [0.4, 0.5) is 5.13 Å². The predicted octanol–water partition coefficient (Wildman–Crippen LogP) is 2.69. The lowest BCUT2D eigenvalue weighted by Crippen LogP contribution is -2.14. The number of hydrogen-bond acceptors (Lipinski definition) is 5.